The number of allylic oxidation sites excluding steroid dienone is 1. The van der Waals surface area contributed by atoms with E-state index < -0.39 is 10.2 Å². The molecule has 1 atom stereocenters. The van der Waals surface area contributed by atoms with E-state index in [0.717, 1.165) is 0 Å². The minimum atomic E-state index is -4.94. The van der Waals surface area contributed by atoms with Crippen LogP contribution in [0.5, 0.6) is 0 Å². The minimum absolute atomic E-state index is 0.191. The first-order valence-electron chi connectivity index (χ1n) is 9.03. The van der Waals surface area contributed by atoms with Gasteiger partial charge in [0.25, 0.3) is 0 Å². The number of para-hydroxylation sites is 1. The number of halogens is 1. The van der Waals surface area contributed by atoms with Gasteiger partial charge in [-0.05, 0) is 40.0 Å². The van der Waals surface area contributed by atoms with Crippen molar-refractivity contribution < 1.29 is 33.5 Å². The quantitative estimate of drug-likeness (QED) is 0.608. The molecule has 1 saturated carbocycles. The van der Waals surface area contributed by atoms with Crippen molar-refractivity contribution in [2.24, 2.45) is 0 Å². The molecule has 2 heterocycles. The molecule has 0 spiro atoms. The monoisotopic (exact) mass is 379 g/mol. The molecule has 1 aromatic carbocycles. The average Bonchev–Trinajstić information content (AvgIpc) is 2.70. The summed E-state index contributed by atoms with van der Waals surface area (Å²) in [7, 11) is -4.94. The topological polar surface area (TPSA) is 95.2 Å². The van der Waals surface area contributed by atoms with Crippen molar-refractivity contribution in [3.63, 3.8) is 0 Å². The molecule has 3 aliphatic rings. The number of nitrogens with zero attached hydrogens (tertiary/aromatic N) is 1. The van der Waals surface area contributed by atoms with Crippen LogP contribution in [0.4, 0.5) is 5.69 Å². The first-order chi connectivity index (χ1) is 12.0. The molecular weight excluding hydrogens is 354 g/mol. The van der Waals surface area contributed by atoms with E-state index in [1.165, 1.54) is 43.4 Å². The highest BCUT2D eigenvalue weighted by Gasteiger charge is 2.62. The van der Waals surface area contributed by atoms with E-state index in [1.807, 2.05) is 0 Å². The van der Waals surface area contributed by atoms with Gasteiger partial charge in [0, 0.05) is 37.0 Å². The van der Waals surface area contributed by atoms with E-state index in [1.54, 1.807) is 16.9 Å². The van der Waals surface area contributed by atoms with Gasteiger partial charge in [-0.2, -0.15) is 4.58 Å². The molecule has 0 bridgehead atoms. The summed E-state index contributed by atoms with van der Waals surface area (Å²) in [4.78, 5) is 0. The molecule has 1 aliphatic carbocycles. The maximum Gasteiger partial charge on any atom is 0.209 e. The standard InChI is InChI=1S/C20H26N.ClHO4/c1-14-13-20(4)19(2,3)16-10-6-8-12-18(16)21(20)17-11-7-5-9-15(14)17;2-1(3,4)5/h6,8,10,12H,5,7,9,11,13H2,1-4H3;(H,2,3,4,5)/q+1;/p-1. The minimum Gasteiger partial charge on any atom is -0.222 e. The lowest BCUT2D eigenvalue weighted by atomic mass is 9.66. The summed E-state index contributed by atoms with van der Waals surface area (Å²) in [5, 5.41) is 0. The lowest BCUT2D eigenvalue weighted by Gasteiger charge is -2.39. The van der Waals surface area contributed by atoms with Crippen molar-refractivity contribution in [1.82, 2.24) is 0 Å². The number of rotatable bonds is 0. The molecular formula is C20H26ClNO4. The summed E-state index contributed by atoms with van der Waals surface area (Å²) in [5.74, 6) is 0. The van der Waals surface area contributed by atoms with Crippen LogP contribution in [0, 0.1) is 10.2 Å². The summed E-state index contributed by atoms with van der Waals surface area (Å²) in [5.41, 5.74) is 8.32. The predicted molar refractivity (Wildman–Crippen MR) is 88.6 cm³/mol. The molecule has 26 heavy (non-hydrogen) atoms. The fraction of sp³-hybridized carbons (Fsp3) is 0.550. The lowest BCUT2D eigenvalue weighted by molar-refractivity contribution is -2.00. The molecule has 0 N–H and O–H groups in total. The maximum atomic E-state index is 8.49. The molecule has 0 saturated heterocycles. The average molecular weight is 380 g/mol. The second-order valence-corrected chi connectivity index (χ2v) is 8.97. The Morgan fingerprint density at radius 3 is 2.19 bits per heavy atom. The SMILES string of the molecule is CC1=C2CCCCC2=[N+]2c3ccccc3C(C)(C)C2(C)C1.[O-][Cl+3]([O-])([O-])[O-]. The Hall–Kier alpha value is -1.24. The van der Waals surface area contributed by atoms with E-state index >= 15 is 0 Å². The largest absolute Gasteiger partial charge is 0.222 e. The zero-order chi connectivity index (χ0) is 19.3. The second-order valence-electron chi connectivity index (χ2n) is 8.22. The van der Waals surface area contributed by atoms with Crippen LogP contribution < -0.4 is 18.6 Å². The van der Waals surface area contributed by atoms with Crippen LogP contribution in [0.1, 0.15) is 65.4 Å². The molecule has 1 fully saturated rings. The van der Waals surface area contributed by atoms with Gasteiger partial charge >= 0.3 is 0 Å². The normalized spacial score (nSPS) is 26.6. The van der Waals surface area contributed by atoms with Gasteiger partial charge in [-0.3, -0.25) is 0 Å². The Morgan fingerprint density at radius 2 is 1.54 bits per heavy atom. The van der Waals surface area contributed by atoms with Crippen LogP contribution >= 0.6 is 0 Å². The summed E-state index contributed by atoms with van der Waals surface area (Å²) in [6.07, 6.45) is 6.46. The van der Waals surface area contributed by atoms with E-state index in [0.29, 0.717) is 0 Å². The highest BCUT2D eigenvalue weighted by atomic mass is 35.7. The number of fused-ring (bicyclic) bond motifs is 4. The molecule has 2 aliphatic heterocycles. The fourth-order valence-corrected chi connectivity index (χ4v) is 4.99. The van der Waals surface area contributed by atoms with Crippen molar-refractivity contribution in [2.45, 2.75) is 70.8 Å². The zero-order valence-corrected chi connectivity index (χ0v) is 16.6. The van der Waals surface area contributed by atoms with Gasteiger partial charge in [-0.25, -0.2) is 18.6 Å². The molecule has 0 amide bonds. The summed E-state index contributed by atoms with van der Waals surface area (Å²) in [6, 6.07) is 9.09. The van der Waals surface area contributed by atoms with Gasteiger partial charge in [0.15, 0.2) is 11.3 Å². The second kappa shape index (κ2) is 6.43. The van der Waals surface area contributed by atoms with Crippen LogP contribution in [0.15, 0.2) is 35.4 Å². The molecule has 142 valence electrons. The Labute approximate surface area is 157 Å². The first-order valence-corrected chi connectivity index (χ1v) is 10.3. The maximum absolute atomic E-state index is 8.49. The highest BCUT2D eigenvalue weighted by molar-refractivity contribution is 5.99. The van der Waals surface area contributed by atoms with Crippen molar-refractivity contribution >= 4 is 11.4 Å². The van der Waals surface area contributed by atoms with Crippen molar-refractivity contribution in [3.8, 4) is 0 Å². The Morgan fingerprint density at radius 1 is 0.962 bits per heavy atom. The molecule has 1 aromatic rings. The van der Waals surface area contributed by atoms with Crippen LogP contribution in [-0.2, 0) is 5.41 Å². The smallest absolute Gasteiger partial charge is 0.209 e. The van der Waals surface area contributed by atoms with Gasteiger partial charge in [-0.1, -0.05) is 23.8 Å². The Balaban J connectivity index is 0.000000349. The fourth-order valence-electron chi connectivity index (χ4n) is 4.99. The van der Waals surface area contributed by atoms with Gasteiger partial charge in [0.05, 0.1) is 5.41 Å². The summed E-state index contributed by atoms with van der Waals surface area (Å²) >= 11 is 0. The van der Waals surface area contributed by atoms with Crippen molar-refractivity contribution in [2.75, 3.05) is 0 Å². The Kier molecular flexibility index (Phi) is 4.83. The van der Waals surface area contributed by atoms with E-state index in [9.17, 15) is 0 Å². The summed E-state index contributed by atoms with van der Waals surface area (Å²) in [6.45, 7) is 9.73. The van der Waals surface area contributed by atoms with Crippen LogP contribution in [0.2, 0.25) is 0 Å². The molecule has 0 radical (unpaired) electrons. The van der Waals surface area contributed by atoms with Crippen molar-refractivity contribution in [1.29, 1.82) is 0 Å². The lowest BCUT2D eigenvalue weighted by Crippen LogP contribution is -2.68. The molecule has 0 aromatic heterocycles. The molecule has 6 heteroatoms. The van der Waals surface area contributed by atoms with Gasteiger partial charge in [-0.15, -0.1) is 10.2 Å². The van der Waals surface area contributed by atoms with Gasteiger partial charge in [0.1, 0.15) is 0 Å². The van der Waals surface area contributed by atoms with E-state index in [4.69, 9.17) is 18.6 Å². The third-order valence-electron chi connectivity index (χ3n) is 6.49. The highest BCUT2D eigenvalue weighted by Crippen LogP contribution is 2.55. The predicted octanol–water partition coefficient (Wildman–Crippen LogP) is 0.360. The van der Waals surface area contributed by atoms with Crippen LogP contribution in [-0.4, -0.2) is 15.8 Å². The van der Waals surface area contributed by atoms with Gasteiger partial charge < -0.3 is 0 Å². The molecule has 1 unspecified atom stereocenters. The van der Waals surface area contributed by atoms with Crippen molar-refractivity contribution in [3.05, 3.63) is 41.0 Å². The first kappa shape index (κ1) is 19.5. The third kappa shape index (κ3) is 3.12. The molecule has 4 rings (SSSR count). The summed E-state index contributed by atoms with van der Waals surface area (Å²) < 4.78 is 36.7. The Bertz CT molecular complexity index is 785. The number of hydrogen-bond acceptors (Lipinski definition) is 4. The van der Waals surface area contributed by atoms with E-state index in [-0.39, 0.29) is 11.0 Å². The van der Waals surface area contributed by atoms with Gasteiger partial charge in [0.2, 0.25) is 5.69 Å². The zero-order valence-electron chi connectivity index (χ0n) is 15.8. The van der Waals surface area contributed by atoms with Crippen LogP contribution in [0.25, 0.3) is 0 Å². The third-order valence-corrected chi connectivity index (χ3v) is 6.49. The van der Waals surface area contributed by atoms with E-state index in [2.05, 4.69) is 56.5 Å². The number of benzene rings is 1. The molecule has 5 nitrogen and oxygen atoms in total. The van der Waals surface area contributed by atoms with Crippen LogP contribution in [0.3, 0.4) is 0 Å². The number of hydrogen-bond donors (Lipinski definition) is 0.